The number of benzene rings is 1. The van der Waals surface area contributed by atoms with E-state index in [1.165, 1.54) is 0 Å². The summed E-state index contributed by atoms with van der Waals surface area (Å²) < 4.78 is 25.0. The van der Waals surface area contributed by atoms with Gasteiger partial charge in [-0.3, -0.25) is 0 Å². The third kappa shape index (κ3) is 6.97. The van der Waals surface area contributed by atoms with Crippen molar-refractivity contribution < 1.29 is 23.5 Å². The Balaban J connectivity index is 2.01. The van der Waals surface area contributed by atoms with E-state index < -0.39 is 23.7 Å². The molecule has 1 aromatic carbocycles. The number of aryl methyl sites for hydroxylation is 2. The number of esters is 2. The van der Waals surface area contributed by atoms with Gasteiger partial charge in [-0.2, -0.15) is 0 Å². The van der Waals surface area contributed by atoms with Gasteiger partial charge in [0.25, 0.3) is 0 Å². The molecule has 2 rings (SSSR count). The first-order chi connectivity index (χ1) is 13.6. The molecule has 0 N–H and O–H groups in total. The largest absolute Gasteiger partial charge is 0.461 e. The van der Waals surface area contributed by atoms with Crippen LogP contribution in [0.5, 0.6) is 0 Å². The van der Waals surface area contributed by atoms with Crippen LogP contribution >= 0.6 is 0 Å². The van der Waals surface area contributed by atoms with Crippen LogP contribution in [0.15, 0.2) is 36.4 Å². The lowest BCUT2D eigenvalue weighted by Crippen LogP contribution is -2.23. The quantitative estimate of drug-likeness (QED) is 0.599. The average Bonchev–Trinajstić information content (AvgIpc) is 2.64. The fraction of sp³-hybridized carbons (Fsp3) is 0.435. The van der Waals surface area contributed by atoms with E-state index in [0.29, 0.717) is 23.2 Å². The molecular weight excluding hydrogens is 373 g/mol. The maximum absolute atomic E-state index is 14.7. The Morgan fingerprint density at radius 1 is 1.10 bits per heavy atom. The summed E-state index contributed by atoms with van der Waals surface area (Å²) in [5.74, 6) is -0.912. The first-order valence-electron chi connectivity index (χ1n) is 9.71. The summed E-state index contributed by atoms with van der Waals surface area (Å²) in [7, 11) is 0. The minimum absolute atomic E-state index is 0.235. The molecule has 0 aliphatic rings. The zero-order chi connectivity index (χ0) is 21.6. The van der Waals surface area contributed by atoms with Crippen LogP contribution in [-0.2, 0) is 15.9 Å². The summed E-state index contributed by atoms with van der Waals surface area (Å²) in [5, 5.41) is 0. The van der Waals surface area contributed by atoms with Crippen LogP contribution in [-0.4, -0.2) is 29.1 Å². The number of hydrogen-bond acceptors (Lipinski definition) is 5. The standard InChI is InChI=1S/C23H28FNO4/c1-6-28-22(27)20-14-16(13-15(2)25-20)7-12-19(24)17-8-10-18(11-9-17)21(26)29-23(3,4)5/h8-11,13-14,19H,6-7,12H2,1-5H3. The number of rotatable bonds is 7. The number of pyridine rings is 1. The Bertz CT molecular complexity index is 856. The lowest BCUT2D eigenvalue weighted by atomic mass is 10.0. The molecule has 0 spiro atoms. The highest BCUT2D eigenvalue weighted by atomic mass is 19.1. The van der Waals surface area contributed by atoms with E-state index in [-0.39, 0.29) is 18.7 Å². The topological polar surface area (TPSA) is 65.5 Å². The molecule has 156 valence electrons. The second-order valence-electron chi connectivity index (χ2n) is 7.85. The van der Waals surface area contributed by atoms with Crippen molar-refractivity contribution in [3.8, 4) is 0 Å². The molecule has 0 bridgehead atoms. The minimum atomic E-state index is -1.19. The smallest absolute Gasteiger partial charge is 0.356 e. The zero-order valence-electron chi connectivity index (χ0n) is 17.6. The number of nitrogens with zero attached hydrogens (tertiary/aromatic N) is 1. The van der Waals surface area contributed by atoms with Crippen LogP contribution in [0, 0.1) is 6.92 Å². The molecule has 1 unspecified atom stereocenters. The summed E-state index contributed by atoms with van der Waals surface area (Å²) in [6.45, 7) is 9.18. The highest BCUT2D eigenvalue weighted by Crippen LogP contribution is 2.24. The second-order valence-corrected chi connectivity index (χ2v) is 7.85. The average molecular weight is 401 g/mol. The summed E-state index contributed by atoms with van der Waals surface area (Å²) in [4.78, 5) is 28.1. The zero-order valence-corrected chi connectivity index (χ0v) is 17.6. The number of hydrogen-bond donors (Lipinski definition) is 0. The first-order valence-corrected chi connectivity index (χ1v) is 9.71. The molecular formula is C23H28FNO4. The van der Waals surface area contributed by atoms with Gasteiger partial charge in [-0.15, -0.1) is 0 Å². The van der Waals surface area contributed by atoms with Crippen LogP contribution < -0.4 is 0 Å². The molecule has 0 saturated heterocycles. The lowest BCUT2D eigenvalue weighted by Gasteiger charge is -2.19. The first kappa shape index (κ1) is 22.5. The van der Waals surface area contributed by atoms with Crippen molar-refractivity contribution in [2.24, 2.45) is 0 Å². The Morgan fingerprint density at radius 3 is 2.34 bits per heavy atom. The molecule has 0 fully saturated rings. The van der Waals surface area contributed by atoms with E-state index >= 15 is 0 Å². The number of halogens is 1. The molecule has 0 aliphatic carbocycles. The predicted molar refractivity (Wildman–Crippen MR) is 109 cm³/mol. The third-order valence-electron chi connectivity index (χ3n) is 4.09. The Hall–Kier alpha value is -2.76. The van der Waals surface area contributed by atoms with Gasteiger partial charge in [-0.25, -0.2) is 19.0 Å². The highest BCUT2D eigenvalue weighted by molar-refractivity contribution is 5.89. The summed E-state index contributed by atoms with van der Waals surface area (Å²) in [6.07, 6.45) is -0.496. The molecule has 0 saturated carbocycles. The van der Waals surface area contributed by atoms with Gasteiger partial charge in [-0.05, 0) is 82.9 Å². The summed E-state index contributed by atoms with van der Waals surface area (Å²) in [5.41, 5.74) is 2.05. The van der Waals surface area contributed by atoms with Crippen LogP contribution in [0.1, 0.15) is 78.0 Å². The van der Waals surface area contributed by atoms with Gasteiger partial charge < -0.3 is 9.47 Å². The van der Waals surface area contributed by atoms with Gasteiger partial charge >= 0.3 is 11.9 Å². The van der Waals surface area contributed by atoms with E-state index in [9.17, 15) is 14.0 Å². The molecule has 6 heteroatoms. The number of carbonyl (C=O) groups is 2. The SMILES string of the molecule is CCOC(=O)c1cc(CCC(F)c2ccc(C(=O)OC(C)(C)C)cc2)cc(C)n1. The van der Waals surface area contributed by atoms with Gasteiger partial charge in [0.2, 0.25) is 0 Å². The van der Waals surface area contributed by atoms with Crippen molar-refractivity contribution in [3.63, 3.8) is 0 Å². The van der Waals surface area contributed by atoms with E-state index in [1.807, 2.05) is 6.07 Å². The molecule has 29 heavy (non-hydrogen) atoms. The second kappa shape index (κ2) is 9.63. The van der Waals surface area contributed by atoms with Crippen molar-refractivity contribution in [1.29, 1.82) is 0 Å². The molecule has 0 radical (unpaired) electrons. The number of aromatic nitrogens is 1. The van der Waals surface area contributed by atoms with Gasteiger partial charge in [0.15, 0.2) is 0 Å². The van der Waals surface area contributed by atoms with Crippen LogP contribution in [0.4, 0.5) is 4.39 Å². The van der Waals surface area contributed by atoms with E-state index in [2.05, 4.69) is 4.98 Å². The number of carbonyl (C=O) groups excluding carboxylic acids is 2. The van der Waals surface area contributed by atoms with Gasteiger partial charge in [0, 0.05) is 5.69 Å². The Kier molecular flexibility index (Phi) is 7.48. The molecule has 0 aliphatic heterocycles. The Labute approximate surface area is 171 Å². The number of alkyl halides is 1. The van der Waals surface area contributed by atoms with E-state index in [4.69, 9.17) is 9.47 Å². The van der Waals surface area contributed by atoms with Gasteiger partial charge in [0.1, 0.15) is 17.5 Å². The van der Waals surface area contributed by atoms with Crippen molar-refractivity contribution in [3.05, 3.63) is 64.5 Å². The van der Waals surface area contributed by atoms with Crippen LogP contribution in [0.3, 0.4) is 0 Å². The molecule has 1 atom stereocenters. The number of ether oxygens (including phenoxy) is 2. The third-order valence-corrected chi connectivity index (χ3v) is 4.09. The van der Waals surface area contributed by atoms with Crippen LogP contribution in [0.25, 0.3) is 0 Å². The lowest BCUT2D eigenvalue weighted by molar-refractivity contribution is 0.00692. The van der Waals surface area contributed by atoms with Crippen molar-refractivity contribution in [1.82, 2.24) is 4.98 Å². The maximum Gasteiger partial charge on any atom is 0.356 e. The molecule has 1 heterocycles. The van der Waals surface area contributed by atoms with Crippen molar-refractivity contribution in [2.75, 3.05) is 6.61 Å². The highest BCUT2D eigenvalue weighted by Gasteiger charge is 2.19. The normalized spacial score (nSPS) is 12.3. The molecule has 5 nitrogen and oxygen atoms in total. The summed E-state index contributed by atoms with van der Waals surface area (Å²) >= 11 is 0. The maximum atomic E-state index is 14.7. The molecule has 2 aromatic rings. The molecule has 1 aromatic heterocycles. The molecule has 0 amide bonds. The monoisotopic (exact) mass is 401 g/mol. The van der Waals surface area contributed by atoms with Gasteiger partial charge in [0.05, 0.1) is 12.2 Å². The predicted octanol–water partition coefficient (Wildman–Crippen LogP) is 5.17. The fourth-order valence-electron chi connectivity index (χ4n) is 2.82. The summed E-state index contributed by atoms with van der Waals surface area (Å²) in [6, 6.07) is 9.83. The van der Waals surface area contributed by atoms with E-state index in [0.717, 1.165) is 5.56 Å². The van der Waals surface area contributed by atoms with Crippen molar-refractivity contribution in [2.45, 2.75) is 59.2 Å². The Morgan fingerprint density at radius 2 is 1.76 bits per heavy atom. The van der Waals surface area contributed by atoms with Crippen LogP contribution in [0.2, 0.25) is 0 Å². The van der Waals surface area contributed by atoms with Gasteiger partial charge in [-0.1, -0.05) is 12.1 Å². The van der Waals surface area contributed by atoms with E-state index in [1.54, 1.807) is 65.0 Å². The van der Waals surface area contributed by atoms with Crippen molar-refractivity contribution >= 4 is 11.9 Å². The minimum Gasteiger partial charge on any atom is -0.461 e. The fourth-order valence-corrected chi connectivity index (χ4v) is 2.82.